The molecule has 1 N–H and O–H groups in total. The molecule has 0 saturated heterocycles. The lowest BCUT2D eigenvalue weighted by atomic mass is 10.3. The zero-order chi connectivity index (χ0) is 13.7. The minimum atomic E-state index is -0.0805. The summed E-state index contributed by atoms with van der Waals surface area (Å²) in [6, 6.07) is -0.0805. The predicted octanol–water partition coefficient (Wildman–Crippen LogP) is 2.01. The number of carbonyl (C=O) groups is 1. The summed E-state index contributed by atoms with van der Waals surface area (Å²) in [7, 11) is 0. The number of thioether (sulfide) groups is 1. The summed E-state index contributed by atoms with van der Waals surface area (Å²) in [5.41, 5.74) is 0. The topological polar surface area (TPSA) is 59.8 Å². The van der Waals surface area contributed by atoms with Gasteiger partial charge in [0.15, 0.2) is 0 Å². The zero-order valence-corrected chi connectivity index (χ0v) is 12.4. The van der Waals surface area contributed by atoms with Gasteiger partial charge in [0.25, 0.3) is 0 Å². The van der Waals surface area contributed by atoms with Crippen LogP contribution in [0.1, 0.15) is 45.0 Å². The summed E-state index contributed by atoms with van der Waals surface area (Å²) in [4.78, 5) is 16.1. The molecule has 1 fully saturated rings. The average Bonchev–Trinajstić information content (AvgIpc) is 3.07. The van der Waals surface area contributed by atoms with Crippen LogP contribution in [-0.4, -0.2) is 32.2 Å². The van der Waals surface area contributed by atoms with Gasteiger partial charge < -0.3 is 5.32 Å². The Morgan fingerprint density at radius 2 is 2.42 bits per heavy atom. The van der Waals surface area contributed by atoms with E-state index >= 15 is 0 Å². The molecule has 19 heavy (non-hydrogen) atoms. The number of nitrogens with zero attached hydrogens (tertiary/aromatic N) is 3. The summed E-state index contributed by atoms with van der Waals surface area (Å²) < 4.78 is 1.86. The molecule has 5 nitrogen and oxygen atoms in total. The van der Waals surface area contributed by atoms with Gasteiger partial charge in [-0.25, -0.2) is 9.67 Å². The lowest BCUT2D eigenvalue weighted by Crippen LogP contribution is -2.30. The fourth-order valence-electron chi connectivity index (χ4n) is 1.94. The van der Waals surface area contributed by atoms with Gasteiger partial charge in [0, 0.05) is 6.54 Å². The third-order valence-corrected chi connectivity index (χ3v) is 4.30. The molecule has 1 aromatic rings. The molecular formula is C13H22N4OS. The Morgan fingerprint density at radius 1 is 1.63 bits per heavy atom. The quantitative estimate of drug-likeness (QED) is 0.792. The first-order chi connectivity index (χ1) is 9.20. The van der Waals surface area contributed by atoms with Crippen LogP contribution in [0.15, 0.2) is 6.33 Å². The highest BCUT2D eigenvalue weighted by molar-refractivity contribution is 7.99. The Balaban J connectivity index is 1.76. The van der Waals surface area contributed by atoms with Crippen molar-refractivity contribution in [2.24, 2.45) is 5.92 Å². The first-order valence-corrected chi connectivity index (χ1v) is 8.11. The number of nitrogens with one attached hydrogen (secondary N) is 1. The molecule has 0 radical (unpaired) electrons. The molecule has 1 amide bonds. The third-order valence-electron chi connectivity index (χ3n) is 3.13. The number of aromatic nitrogens is 3. The highest BCUT2D eigenvalue weighted by Gasteiger charge is 2.21. The smallest absolute Gasteiger partial charge is 0.230 e. The van der Waals surface area contributed by atoms with Gasteiger partial charge in [-0.3, -0.25) is 4.79 Å². The monoisotopic (exact) mass is 282 g/mol. The Morgan fingerprint density at radius 3 is 3.11 bits per heavy atom. The minimum Gasteiger partial charge on any atom is -0.346 e. The van der Waals surface area contributed by atoms with Crippen molar-refractivity contribution in [3.8, 4) is 0 Å². The summed E-state index contributed by atoms with van der Waals surface area (Å²) in [5, 5.41) is 7.17. The van der Waals surface area contributed by atoms with Crippen molar-refractivity contribution in [3.05, 3.63) is 12.2 Å². The standard InChI is InChI=1S/C13H22N4OS/c1-3-6-17-13(14-9-15-17)10(2)16-12(18)8-19-7-11-4-5-11/h9-11H,3-8H2,1-2H3,(H,16,18)/t10-/m1/s1. The fraction of sp³-hybridized carbons (Fsp3) is 0.769. The van der Waals surface area contributed by atoms with E-state index in [-0.39, 0.29) is 11.9 Å². The fourth-order valence-corrected chi connectivity index (χ4v) is 3.00. The number of hydrogen-bond donors (Lipinski definition) is 1. The van der Waals surface area contributed by atoms with E-state index in [9.17, 15) is 4.79 Å². The average molecular weight is 282 g/mol. The molecule has 1 saturated carbocycles. The van der Waals surface area contributed by atoms with Gasteiger partial charge >= 0.3 is 0 Å². The maximum absolute atomic E-state index is 11.8. The lowest BCUT2D eigenvalue weighted by molar-refractivity contribution is -0.119. The van der Waals surface area contributed by atoms with Gasteiger partial charge in [0.1, 0.15) is 12.2 Å². The zero-order valence-electron chi connectivity index (χ0n) is 11.6. The Labute approximate surface area is 118 Å². The predicted molar refractivity (Wildman–Crippen MR) is 76.9 cm³/mol. The lowest BCUT2D eigenvalue weighted by Gasteiger charge is -2.14. The first kappa shape index (κ1) is 14.4. The summed E-state index contributed by atoms with van der Waals surface area (Å²) in [6.45, 7) is 4.90. The van der Waals surface area contributed by atoms with Crippen LogP contribution in [-0.2, 0) is 11.3 Å². The normalized spacial score (nSPS) is 16.3. The maximum atomic E-state index is 11.8. The van der Waals surface area contributed by atoms with Crippen LogP contribution in [0, 0.1) is 5.92 Å². The third kappa shape index (κ3) is 4.53. The maximum Gasteiger partial charge on any atom is 0.230 e. The minimum absolute atomic E-state index is 0.0805. The number of rotatable bonds is 8. The van der Waals surface area contributed by atoms with Crippen molar-refractivity contribution in [1.29, 1.82) is 0 Å². The van der Waals surface area contributed by atoms with Crippen molar-refractivity contribution in [1.82, 2.24) is 20.1 Å². The molecule has 0 spiro atoms. The van der Waals surface area contributed by atoms with Crippen molar-refractivity contribution in [3.63, 3.8) is 0 Å². The van der Waals surface area contributed by atoms with E-state index in [1.807, 2.05) is 11.6 Å². The van der Waals surface area contributed by atoms with E-state index in [4.69, 9.17) is 0 Å². The van der Waals surface area contributed by atoms with Crippen LogP contribution in [0.25, 0.3) is 0 Å². The van der Waals surface area contributed by atoms with E-state index in [1.54, 1.807) is 18.1 Å². The number of aryl methyl sites for hydroxylation is 1. The SMILES string of the molecule is CCCn1ncnc1[C@@H](C)NC(=O)CSCC1CC1. The molecule has 0 bridgehead atoms. The van der Waals surface area contributed by atoms with Gasteiger partial charge in [0.2, 0.25) is 5.91 Å². The van der Waals surface area contributed by atoms with E-state index < -0.39 is 0 Å². The largest absolute Gasteiger partial charge is 0.346 e. The highest BCUT2D eigenvalue weighted by atomic mass is 32.2. The van der Waals surface area contributed by atoms with Crippen LogP contribution in [0.2, 0.25) is 0 Å². The second kappa shape index (κ2) is 6.93. The van der Waals surface area contributed by atoms with Crippen LogP contribution in [0.3, 0.4) is 0 Å². The van der Waals surface area contributed by atoms with E-state index in [0.29, 0.717) is 5.75 Å². The summed E-state index contributed by atoms with van der Waals surface area (Å²) in [5.74, 6) is 3.45. The Hall–Kier alpha value is -1.04. The van der Waals surface area contributed by atoms with Crippen molar-refractivity contribution in [2.75, 3.05) is 11.5 Å². The molecule has 1 aliphatic rings. The van der Waals surface area contributed by atoms with Crippen molar-refractivity contribution < 1.29 is 4.79 Å². The Kier molecular flexibility index (Phi) is 5.24. The molecular weight excluding hydrogens is 260 g/mol. The molecule has 106 valence electrons. The number of amides is 1. The van der Waals surface area contributed by atoms with Crippen LogP contribution in [0.5, 0.6) is 0 Å². The van der Waals surface area contributed by atoms with Crippen LogP contribution in [0.4, 0.5) is 0 Å². The molecule has 1 heterocycles. The van der Waals surface area contributed by atoms with Gasteiger partial charge in [0.05, 0.1) is 11.8 Å². The molecule has 0 unspecified atom stereocenters. The van der Waals surface area contributed by atoms with E-state index in [2.05, 4.69) is 22.3 Å². The van der Waals surface area contributed by atoms with E-state index in [0.717, 1.165) is 30.5 Å². The van der Waals surface area contributed by atoms with Crippen LogP contribution >= 0.6 is 11.8 Å². The Bertz CT molecular complexity index is 417. The highest BCUT2D eigenvalue weighted by Crippen LogP contribution is 2.32. The second-order valence-corrected chi connectivity index (χ2v) is 6.12. The van der Waals surface area contributed by atoms with Gasteiger partial charge in [-0.2, -0.15) is 16.9 Å². The molecule has 2 rings (SSSR count). The number of carbonyl (C=O) groups excluding carboxylic acids is 1. The number of hydrogen-bond acceptors (Lipinski definition) is 4. The molecule has 0 aliphatic heterocycles. The van der Waals surface area contributed by atoms with E-state index in [1.165, 1.54) is 12.8 Å². The van der Waals surface area contributed by atoms with Crippen molar-refractivity contribution in [2.45, 2.75) is 45.7 Å². The molecule has 1 aliphatic carbocycles. The first-order valence-electron chi connectivity index (χ1n) is 6.95. The van der Waals surface area contributed by atoms with Gasteiger partial charge in [-0.15, -0.1) is 0 Å². The second-order valence-electron chi connectivity index (χ2n) is 5.09. The van der Waals surface area contributed by atoms with Crippen LogP contribution < -0.4 is 5.32 Å². The van der Waals surface area contributed by atoms with Gasteiger partial charge in [-0.05, 0) is 37.9 Å². The van der Waals surface area contributed by atoms with Crippen molar-refractivity contribution >= 4 is 17.7 Å². The molecule has 1 atom stereocenters. The molecule has 1 aromatic heterocycles. The summed E-state index contributed by atoms with van der Waals surface area (Å²) in [6.07, 6.45) is 5.24. The molecule has 6 heteroatoms. The molecule has 0 aromatic carbocycles. The summed E-state index contributed by atoms with van der Waals surface area (Å²) >= 11 is 1.73. The van der Waals surface area contributed by atoms with Gasteiger partial charge in [-0.1, -0.05) is 6.92 Å².